The molecule has 0 aliphatic carbocycles. The molecule has 0 saturated heterocycles. The van der Waals surface area contributed by atoms with E-state index >= 15 is 0 Å². The molecule has 0 amide bonds. The van der Waals surface area contributed by atoms with Gasteiger partial charge in [-0.3, -0.25) is 0 Å². The van der Waals surface area contributed by atoms with Gasteiger partial charge in [-0.15, -0.1) is 0 Å². The molecule has 6 heteroatoms. The molecule has 2 aromatic carbocycles. The molecule has 0 radical (unpaired) electrons. The van der Waals surface area contributed by atoms with Crippen molar-refractivity contribution in [3.05, 3.63) is 48.8 Å². The Hall–Kier alpha value is -3.41. The third kappa shape index (κ3) is 2.89. The van der Waals surface area contributed by atoms with Crippen LogP contribution in [0, 0.1) is 0 Å². The predicted molar refractivity (Wildman–Crippen MR) is 104 cm³/mol. The molecule has 138 valence electrons. The highest BCUT2D eigenvalue weighted by Crippen LogP contribution is 2.41. The molecule has 0 spiro atoms. The van der Waals surface area contributed by atoms with Gasteiger partial charge in [0, 0.05) is 35.3 Å². The molecule has 27 heavy (non-hydrogen) atoms. The molecule has 4 aromatic rings. The van der Waals surface area contributed by atoms with Crippen LogP contribution in [0.2, 0.25) is 0 Å². The summed E-state index contributed by atoms with van der Waals surface area (Å²) in [7, 11) is 6.77. The Bertz CT molecular complexity index is 1090. The Kier molecular flexibility index (Phi) is 4.24. The van der Waals surface area contributed by atoms with E-state index in [9.17, 15) is 0 Å². The predicted octanol–water partition coefficient (Wildman–Crippen LogP) is 4.53. The maximum Gasteiger partial charge on any atom is 0.226 e. The van der Waals surface area contributed by atoms with Gasteiger partial charge in [0.1, 0.15) is 0 Å². The Morgan fingerprint density at radius 2 is 1.63 bits per heavy atom. The summed E-state index contributed by atoms with van der Waals surface area (Å²) in [5.74, 6) is 2.85. The van der Waals surface area contributed by atoms with Crippen molar-refractivity contribution in [2.45, 2.75) is 0 Å². The smallest absolute Gasteiger partial charge is 0.226 e. The molecule has 0 atom stereocenters. The zero-order valence-electron chi connectivity index (χ0n) is 15.6. The molecule has 0 N–H and O–H groups in total. The van der Waals surface area contributed by atoms with E-state index in [1.165, 1.54) is 0 Å². The summed E-state index contributed by atoms with van der Waals surface area (Å²) in [6.07, 6.45) is 3.73. The highest BCUT2D eigenvalue weighted by atomic mass is 16.5. The number of aromatic nitrogens is 2. The molecule has 0 fully saturated rings. The number of fused-ring (bicyclic) bond motifs is 1. The average Bonchev–Trinajstić information content (AvgIpc) is 3.34. The van der Waals surface area contributed by atoms with E-state index in [0.29, 0.717) is 28.9 Å². The minimum absolute atomic E-state index is 0.540. The first-order valence-electron chi connectivity index (χ1n) is 8.46. The monoisotopic (exact) mass is 364 g/mol. The Labute approximate surface area is 156 Å². The molecule has 2 heterocycles. The van der Waals surface area contributed by atoms with Gasteiger partial charge in [-0.05, 0) is 36.4 Å². The lowest BCUT2D eigenvalue weighted by Crippen LogP contribution is -1.95. The van der Waals surface area contributed by atoms with Crippen molar-refractivity contribution in [1.82, 2.24) is 9.55 Å². The first kappa shape index (κ1) is 17.0. The van der Waals surface area contributed by atoms with Crippen LogP contribution in [-0.2, 0) is 7.05 Å². The summed E-state index contributed by atoms with van der Waals surface area (Å²) >= 11 is 0. The zero-order valence-corrected chi connectivity index (χ0v) is 15.6. The molecule has 0 aliphatic heterocycles. The average molecular weight is 364 g/mol. The van der Waals surface area contributed by atoms with Crippen LogP contribution < -0.4 is 14.2 Å². The van der Waals surface area contributed by atoms with Crippen LogP contribution in [-0.4, -0.2) is 30.9 Å². The number of hydrogen-bond donors (Lipinski definition) is 0. The molecular weight excluding hydrogens is 344 g/mol. The van der Waals surface area contributed by atoms with E-state index in [1.54, 1.807) is 27.5 Å². The van der Waals surface area contributed by atoms with Crippen molar-refractivity contribution in [3.63, 3.8) is 0 Å². The van der Waals surface area contributed by atoms with E-state index < -0.39 is 0 Å². The third-order valence-corrected chi connectivity index (χ3v) is 4.59. The maximum absolute atomic E-state index is 6.01. The quantitative estimate of drug-likeness (QED) is 0.521. The number of benzene rings is 2. The van der Waals surface area contributed by atoms with Crippen LogP contribution in [0.25, 0.3) is 33.7 Å². The van der Waals surface area contributed by atoms with Gasteiger partial charge in [-0.25, -0.2) is 4.98 Å². The standard InChI is InChI=1S/C21H20N2O4/c1-23-8-7-13-9-14(5-6-16(13)23)21-22-12-19(27-21)15-10-17(24-2)20(26-4)18(11-15)25-3/h5-12H,1-4H3. The topological polar surface area (TPSA) is 58.7 Å². The SMILES string of the molecule is COc1cc(-c2cnc(-c3ccc4c(ccn4C)c3)o2)cc(OC)c1OC. The van der Waals surface area contributed by atoms with Crippen LogP contribution in [0.4, 0.5) is 0 Å². The molecule has 4 rings (SSSR count). The maximum atomic E-state index is 6.01. The summed E-state index contributed by atoms with van der Waals surface area (Å²) in [5, 5.41) is 1.14. The van der Waals surface area contributed by atoms with Crippen molar-refractivity contribution < 1.29 is 18.6 Å². The second-order valence-corrected chi connectivity index (χ2v) is 6.14. The highest BCUT2D eigenvalue weighted by Gasteiger charge is 2.17. The van der Waals surface area contributed by atoms with Gasteiger partial charge >= 0.3 is 0 Å². The van der Waals surface area contributed by atoms with Gasteiger partial charge in [-0.2, -0.15) is 0 Å². The van der Waals surface area contributed by atoms with Crippen LogP contribution >= 0.6 is 0 Å². The number of hydrogen-bond acceptors (Lipinski definition) is 5. The Balaban J connectivity index is 1.75. The summed E-state index contributed by atoms with van der Waals surface area (Å²) in [4.78, 5) is 4.44. The minimum Gasteiger partial charge on any atom is -0.493 e. The first-order chi connectivity index (χ1) is 13.1. The third-order valence-electron chi connectivity index (χ3n) is 4.59. The fraction of sp³-hybridized carbons (Fsp3) is 0.190. The van der Waals surface area contributed by atoms with Crippen molar-refractivity contribution >= 4 is 10.9 Å². The van der Waals surface area contributed by atoms with Crippen LogP contribution in [0.1, 0.15) is 0 Å². The van der Waals surface area contributed by atoms with Crippen molar-refractivity contribution in [2.75, 3.05) is 21.3 Å². The molecule has 2 aromatic heterocycles. The summed E-state index contributed by atoms with van der Waals surface area (Å²) in [6.45, 7) is 0. The van der Waals surface area contributed by atoms with E-state index in [1.807, 2.05) is 31.4 Å². The van der Waals surface area contributed by atoms with Crippen molar-refractivity contribution in [2.24, 2.45) is 7.05 Å². The molecule has 0 bridgehead atoms. The number of ether oxygens (including phenoxy) is 3. The second-order valence-electron chi connectivity index (χ2n) is 6.14. The number of nitrogens with zero attached hydrogens (tertiary/aromatic N) is 2. The van der Waals surface area contributed by atoms with E-state index in [4.69, 9.17) is 18.6 Å². The lowest BCUT2D eigenvalue weighted by atomic mass is 10.1. The summed E-state index contributed by atoms with van der Waals surface area (Å²) < 4.78 is 24.3. The van der Waals surface area contributed by atoms with Crippen molar-refractivity contribution in [3.8, 4) is 40.0 Å². The number of rotatable bonds is 5. The molecule has 0 unspecified atom stereocenters. The fourth-order valence-electron chi connectivity index (χ4n) is 3.18. The molecule has 6 nitrogen and oxygen atoms in total. The lowest BCUT2D eigenvalue weighted by Gasteiger charge is -2.13. The van der Waals surface area contributed by atoms with E-state index in [0.717, 1.165) is 22.0 Å². The lowest BCUT2D eigenvalue weighted by molar-refractivity contribution is 0.324. The van der Waals surface area contributed by atoms with Gasteiger partial charge in [0.05, 0.1) is 27.5 Å². The van der Waals surface area contributed by atoms with Crippen LogP contribution in [0.15, 0.2) is 53.2 Å². The van der Waals surface area contributed by atoms with E-state index in [-0.39, 0.29) is 0 Å². The number of oxazole rings is 1. The zero-order chi connectivity index (χ0) is 19.0. The van der Waals surface area contributed by atoms with Crippen molar-refractivity contribution in [1.29, 1.82) is 0 Å². The normalized spacial score (nSPS) is 11.0. The largest absolute Gasteiger partial charge is 0.493 e. The molecule has 0 saturated carbocycles. The first-order valence-corrected chi connectivity index (χ1v) is 8.46. The Morgan fingerprint density at radius 3 is 2.30 bits per heavy atom. The van der Waals surface area contributed by atoms with Gasteiger partial charge in [0.25, 0.3) is 0 Å². The minimum atomic E-state index is 0.540. The molecular formula is C21H20N2O4. The van der Waals surface area contributed by atoms with Crippen LogP contribution in [0.5, 0.6) is 17.2 Å². The van der Waals surface area contributed by atoms with Gasteiger partial charge in [0.15, 0.2) is 17.3 Å². The summed E-state index contributed by atoms with van der Waals surface area (Å²) in [5.41, 5.74) is 2.88. The molecule has 0 aliphatic rings. The Morgan fingerprint density at radius 1 is 0.889 bits per heavy atom. The fourth-order valence-corrected chi connectivity index (χ4v) is 3.18. The van der Waals surface area contributed by atoms with Gasteiger partial charge in [-0.1, -0.05) is 0 Å². The second kappa shape index (κ2) is 6.72. The van der Waals surface area contributed by atoms with Gasteiger partial charge < -0.3 is 23.2 Å². The summed E-state index contributed by atoms with van der Waals surface area (Å²) in [6, 6.07) is 11.9. The number of methoxy groups -OCH3 is 3. The number of aryl methyl sites for hydroxylation is 1. The van der Waals surface area contributed by atoms with Gasteiger partial charge in [0.2, 0.25) is 11.6 Å². The van der Waals surface area contributed by atoms with Crippen LogP contribution in [0.3, 0.4) is 0 Å². The van der Waals surface area contributed by atoms with E-state index in [2.05, 4.69) is 27.8 Å². The highest BCUT2D eigenvalue weighted by molar-refractivity contribution is 5.84.